The van der Waals surface area contributed by atoms with Gasteiger partial charge in [0.15, 0.2) is 0 Å². The minimum Gasteiger partial charge on any atom is -0.373 e. The molecule has 7 heteroatoms. The average molecular weight is 341 g/mol. The number of tetrazole rings is 1. The molecular weight excluding hydrogens is 318 g/mol. The van der Waals surface area contributed by atoms with Crippen LogP contribution in [0.25, 0.3) is 5.69 Å². The number of benzene rings is 1. The molecule has 4 rings (SSSR count). The lowest BCUT2D eigenvalue weighted by atomic mass is 9.82. The van der Waals surface area contributed by atoms with Crippen LogP contribution in [0.4, 0.5) is 0 Å². The Balaban J connectivity index is 1.30. The van der Waals surface area contributed by atoms with Crippen molar-refractivity contribution in [3.05, 3.63) is 36.2 Å². The van der Waals surface area contributed by atoms with Gasteiger partial charge in [-0.1, -0.05) is 31.4 Å². The molecule has 1 aromatic heterocycles. The van der Waals surface area contributed by atoms with Gasteiger partial charge in [-0.15, -0.1) is 5.10 Å². The fourth-order valence-corrected chi connectivity index (χ4v) is 3.99. The maximum absolute atomic E-state index is 12.3. The molecule has 0 radical (unpaired) electrons. The smallest absolute Gasteiger partial charge is 0.224 e. The Morgan fingerprint density at radius 3 is 2.76 bits per heavy atom. The number of hydrogen-bond donors (Lipinski definition) is 1. The lowest BCUT2D eigenvalue weighted by molar-refractivity contribution is -0.121. The predicted octanol–water partition coefficient (Wildman–Crippen LogP) is 1.81. The van der Waals surface area contributed by atoms with Crippen molar-refractivity contribution in [3.63, 3.8) is 0 Å². The van der Waals surface area contributed by atoms with Gasteiger partial charge in [0.1, 0.15) is 6.33 Å². The molecule has 0 bridgehead atoms. The van der Waals surface area contributed by atoms with Crippen LogP contribution < -0.4 is 5.32 Å². The van der Waals surface area contributed by atoms with Gasteiger partial charge in [0.2, 0.25) is 5.91 Å². The van der Waals surface area contributed by atoms with Crippen LogP contribution in [0.15, 0.2) is 30.6 Å². The summed E-state index contributed by atoms with van der Waals surface area (Å²) in [5, 5.41) is 14.2. The van der Waals surface area contributed by atoms with Gasteiger partial charge in [-0.25, -0.2) is 4.68 Å². The van der Waals surface area contributed by atoms with Crippen molar-refractivity contribution in [2.75, 3.05) is 6.61 Å². The Morgan fingerprint density at radius 2 is 2.04 bits per heavy atom. The molecule has 1 saturated heterocycles. The van der Waals surface area contributed by atoms with Crippen molar-refractivity contribution in [2.45, 2.75) is 56.6 Å². The Labute approximate surface area is 146 Å². The highest BCUT2D eigenvalue weighted by Gasteiger charge is 2.41. The van der Waals surface area contributed by atoms with Crippen molar-refractivity contribution >= 4 is 5.91 Å². The number of carbonyl (C=O) groups is 1. The number of ether oxygens (including phenoxy) is 1. The fraction of sp³-hybridized carbons (Fsp3) is 0.556. The summed E-state index contributed by atoms with van der Waals surface area (Å²) in [6.45, 7) is 0.643. The molecule has 7 nitrogen and oxygen atoms in total. The first kappa shape index (κ1) is 16.2. The van der Waals surface area contributed by atoms with E-state index < -0.39 is 0 Å². The minimum absolute atomic E-state index is 0.0314. The second-order valence-corrected chi connectivity index (χ2v) is 7.12. The van der Waals surface area contributed by atoms with Crippen molar-refractivity contribution in [1.29, 1.82) is 0 Å². The molecule has 2 aromatic rings. The molecule has 25 heavy (non-hydrogen) atoms. The summed E-state index contributed by atoms with van der Waals surface area (Å²) < 4.78 is 7.65. The SMILES string of the molecule is O=C(Cc1ccc(-n2cnnn2)cc1)NC1COC2(CCCCC2)C1. The van der Waals surface area contributed by atoms with Gasteiger partial charge >= 0.3 is 0 Å². The second-order valence-electron chi connectivity index (χ2n) is 7.12. The van der Waals surface area contributed by atoms with Crippen LogP contribution in [-0.4, -0.2) is 44.4 Å². The predicted molar refractivity (Wildman–Crippen MR) is 91.2 cm³/mol. The first-order valence-corrected chi connectivity index (χ1v) is 8.98. The topological polar surface area (TPSA) is 81.9 Å². The monoisotopic (exact) mass is 341 g/mol. The Morgan fingerprint density at radius 1 is 1.24 bits per heavy atom. The lowest BCUT2D eigenvalue weighted by Gasteiger charge is -2.32. The molecule has 1 N–H and O–H groups in total. The molecular formula is C18H23N5O2. The summed E-state index contributed by atoms with van der Waals surface area (Å²) in [5.41, 5.74) is 1.88. The zero-order chi connectivity index (χ0) is 17.1. The highest BCUT2D eigenvalue weighted by atomic mass is 16.5. The van der Waals surface area contributed by atoms with Crippen LogP contribution in [0.2, 0.25) is 0 Å². The van der Waals surface area contributed by atoms with E-state index in [9.17, 15) is 4.79 Å². The first-order valence-electron chi connectivity index (χ1n) is 8.98. The third-order valence-electron chi connectivity index (χ3n) is 5.25. The average Bonchev–Trinajstić information content (AvgIpc) is 3.27. The summed E-state index contributed by atoms with van der Waals surface area (Å²) in [7, 11) is 0. The van der Waals surface area contributed by atoms with Gasteiger partial charge < -0.3 is 10.1 Å². The van der Waals surface area contributed by atoms with Gasteiger partial charge in [0.05, 0.1) is 30.4 Å². The normalized spacial score (nSPS) is 22.2. The van der Waals surface area contributed by atoms with Crippen molar-refractivity contribution in [2.24, 2.45) is 0 Å². The van der Waals surface area contributed by atoms with Crippen LogP contribution in [0.1, 0.15) is 44.1 Å². The van der Waals surface area contributed by atoms with Crippen molar-refractivity contribution in [3.8, 4) is 5.69 Å². The molecule has 132 valence electrons. The largest absolute Gasteiger partial charge is 0.373 e. The van der Waals surface area contributed by atoms with Gasteiger partial charge in [-0.3, -0.25) is 4.79 Å². The zero-order valence-corrected chi connectivity index (χ0v) is 14.2. The van der Waals surface area contributed by atoms with Gasteiger partial charge in [0.25, 0.3) is 0 Å². The van der Waals surface area contributed by atoms with Crippen molar-refractivity contribution in [1.82, 2.24) is 25.5 Å². The summed E-state index contributed by atoms with van der Waals surface area (Å²) in [5.74, 6) is 0.0524. The van der Waals surface area contributed by atoms with Crippen LogP contribution in [0, 0.1) is 0 Å². The standard InChI is InChI=1S/C18H23N5O2/c24-17(20-15-11-18(25-12-15)8-2-1-3-9-18)10-14-4-6-16(7-5-14)23-13-19-21-22-23/h4-7,13,15H,1-3,8-12H2,(H,20,24). The van der Waals surface area contributed by atoms with Crippen LogP contribution in [-0.2, 0) is 16.0 Å². The van der Waals surface area contributed by atoms with E-state index in [1.807, 2.05) is 24.3 Å². The minimum atomic E-state index is 0.0314. The molecule has 1 unspecified atom stereocenters. The number of nitrogens with one attached hydrogen (secondary N) is 1. The highest BCUT2D eigenvalue weighted by Crippen LogP contribution is 2.39. The van der Waals surface area contributed by atoms with Gasteiger partial charge in [-0.2, -0.15) is 0 Å². The van der Waals surface area contributed by atoms with Crippen LogP contribution in [0.3, 0.4) is 0 Å². The van der Waals surface area contributed by atoms with E-state index in [1.54, 1.807) is 11.0 Å². The fourth-order valence-electron chi connectivity index (χ4n) is 3.99. The molecule has 1 aromatic carbocycles. The molecule has 1 atom stereocenters. The van der Waals surface area contributed by atoms with E-state index in [-0.39, 0.29) is 17.6 Å². The van der Waals surface area contributed by atoms with Gasteiger partial charge in [-0.05, 0) is 47.4 Å². The molecule has 1 aliphatic heterocycles. The summed E-state index contributed by atoms with van der Waals surface area (Å²) in [6.07, 6.45) is 8.95. The summed E-state index contributed by atoms with van der Waals surface area (Å²) in [4.78, 5) is 12.3. The summed E-state index contributed by atoms with van der Waals surface area (Å²) in [6, 6.07) is 7.84. The quantitative estimate of drug-likeness (QED) is 0.917. The number of aromatic nitrogens is 4. The Bertz CT molecular complexity index is 708. The molecule has 1 spiro atoms. The molecule has 2 fully saturated rings. The molecule has 1 aliphatic carbocycles. The number of nitrogens with zero attached hydrogens (tertiary/aromatic N) is 4. The highest BCUT2D eigenvalue weighted by molar-refractivity contribution is 5.79. The molecule has 1 amide bonds. The van der Waals surface area contributed by atoms with E-state index in [2.05, 4.69) is 20.8 Å². The number of rotatable bonds is 4. The van der Waals surface area contributed by atoms with E-state index in [0.29, 0.717) is 13.0 Å². The number of amides is 1. The van der Waals surface area contributed by atoms with E-state index in [0.717, 1.165) is 30.5 Å². The third kappa shape index (κ3) is 3.71. The van der Waals surface area contributed by atoms with E-state index in [4.69, 9.17) is 4.74 Å². The molecule has 2 heterocycles. The van der Waals surface area contributed by atoms with Crippen LogP contribution >= 0.6 is 0 Å². The molecule has 2 aliphatic rings. The summed E-state index contributed by atoms with van der Waals surface area (Å²) >= 11 is 0. The van der Waals surface area contributed by atoms with Gasteiger partial charge in [0, 0.05) is 0 Å². The maximum Gasteiger partial charge on any atom is 0.224 e. The lowest BCUT2D eigenvalue weighted by Crippen LogP contribution is -2.38. The maximum atomic E-state index is 12.3. The van der Waals surface area contributed by atoms with Crippen molar-refractivity contribution < 1.29 is 9.53 Å². The van der Waals surface area contributed by atoms with E-state index >= 15 is 0 Å². The Hall–Kier alpha value is -2.28. The van der Waals surface area contributed by atoms with E-state index in [1.165, 1.54) is 19.3 Å². The third-order valence-corrected chi connectivity index (χ3v) is 5.25. The zero-order valence-electron chi connectivity index (χ0n) is 14.2. The molecule has 1 saturated carbocycles. The number of carbonyl (C=O) groups excluding carboxylic acids is 1. The first-order chi connectivity index (χ1) is 12.2. The second kappa shape index (κ2) is 6.92. The number of hydrogen-bond acceptors (Lipinski definition) is 5. The Kier molecular flexibility index (Phi) is 4.48. The van der Waals surface area contributed by atoms with Crippen LogP contribution in [0.5, 0.6) is 0 Å².